The molecule has 1 aliphatic heterocycles. The lowest BCUT2D eigenvalue weighted by atomic mass is 9.86. The summed E-state index contributed by atoms with van der Waals surface area (Å²) in [5.74, 6) is 2.08. The Bertz CT molecular complexity index is 1720. The highest BCUT2D eigenvalue weighted by atomic mass is 35.5. The summed E-state index contributed by atoms with van der Waals surface area (Å²) in [4.78, 5) is 23.5. The van der Waals surface area contributed by atoms with E-state index in [1.807, 2.05) is 0 Å². The van der Waals surface area contributed by atoms with Crippen LogP contribution in [-0.2, 0) is 23.4 Å². The van der Waals surface area contributed by atoms with Gasteiger partial charge in [0.2, 0.25) is 0 Å². The molecule has 1 aliphatic rings. The Labute approximate surface area is 261 Å². The molecule has 0 spiro atoms. The lowest BCUT2D eigenvalue weighted by Gasteiger charge is -2.29. The first-order valence-corrected chi connectivity index (χ1v) is 13.5. The molecule has 4 rings (SSSR count). The van der Waals surface area contributed by atoms with Gasteiger partial charge in [-0.25, -0.2) is 22.2 Å². The molecule has 0 fully saturated rings. The summed E-state index contributed by atoms with van der Waals surface area (Å²) < 4.78 is 97.5. The standard InChI is InChI=1S/C29H20Cl2F7N5O2/c1-4-8-42(27-39-23(13-21(32)25(34)35)43(40-27)9-5-2)26(44)18-7-6-16(10-15(18)3)22-14-28(45-41-22,29(36,37)38)17-11-19(30)24(33)20(31)12-17/h1-2,6-7,10-12,21,25H,8-9,13-14H2,3H3. The lowest BCUT2D eigenvalue weighted by molar-refractivity contribution is -0.275. The Morgan fingerprint density at radius 1 is 1.16 bits per heavy atom. The van der Waals surface area contributed by atoms with Crippen molar-refractivity contribution in [3.05, 3.63) is 74.3 Å². The van der Waals surface area contributed by atoms with E-state index in [1.165, 1.54) is 25.1 Å². The van der Waals surface area contributed by atoms with Crippen LogP contribution in [0.2, 0.25) is 10.0 Å². The summed E-state index contributed by atoms with van der Waals surface area (Å²) in [7, 11) is 0. The van der Waals surface area contributed by atoms with E-state index in [-0.39, 0.29) is 47.3 Å². The minimum absolute atomic E-state index is 0.0264. The molecule has 236 valence electrons. The van der Waals surface area contributed by atoms with Crippen molar-refractivity contribution in [2.45, 2.75) is 50.7 Å². The van der Waals surface area contributed by atoms with Crippen molar-refractivity contribution < 1.29 is 40.4 Å². The lowest BCUT2D eigenvalue weighted by Crippen LogP contribution is -2.42. The number of carbonyl (C=O) groups excluding carboxylic acids is 1. The van der Waals surface area contributed by atoms with Crippen LogP contribution in [0.4, 0.5) is 36.7 Å². The summed E-state index contributed by atoms with van der Waals surface area (Å²) in [5, 5.41) is 6.42. The van der Waals surface area contributed by atoms with Gasteiger partial charge in [-0.3, -0.25) is 9.69 Å². The number of nitrogens with zero attached hydrogens (tertiary/aromatic N) is 5. The van der Waals surface area contributed by atoms with Crippen LogP contribution in [0, 0.1) is 37.4 Å². The largest absolute Gasteiger partial charge is 0.435 e. The van der Waals surface area contributed by atoms with Gasteiger partial charge in [0.25, 0.3) is 23.9 Å². The molecule has 2 heterocycles. The number of alkyl halides is 6. The normalized spacial score (nSPS) is 17.0. The molecule has 2 unspecified atom stereocenters. The molecule has 1 aromatic heterocycles. The van der Waals surface area contributed by atoms with Gasteiger partial charge in [-0.05, 0) is 42.3 Å². The molecular formula is C29H20Cl2F7N5O2. The molecule has 7 nitrogen and oxygen atoms in total. The molecule has 1 amide bonds. The topological polar surface area (TPSA) is 72.6 Å². The average molecular weight is 674 g/mol. The van der Waals surface area contributed by atoms with Crippen molar-refractivity contribution in [3.8, 4) is 24.7 Å². The summed E-state index contributed by atoms with van der Waals surface area (Å²) in [6.07, 6.45) is -1.84. The predicted octanol–water partition coefficient (Wildman–Crippen LogP) is 6.67. The van der Waals surface area contributed by atoms with Crippen LogP contribution >= 0.6 is 23.2 Å². The molecule has 3 aromatic rings. The average Bonchev–Trinajstić information content (AvgIpc) is 3.60. The number of terminal acetylenes is 2. The zero-order chi connectivity index (χ0) is 33.3. The molecule has 2 atom stereocenters. The third kappa shape index (κ3) is 6.58. The molecule has 45 heavy (non-hydrogen) atoms. The highest BCUT2D eigenvalue weighted by Crippen LogP contribution is 2.50. The smallest absolute Gasteiger partial charge is 0.374 e. The van der Waals surface area contributed by atoms with Crippen LogP contribution in [0.3, 0.4) is 0 Å². The number of halogens is 9. The Kier molecular flexibility index (Phi) is 9.71. The third-order valence-corrected chi connectivity index (χ3v) is 7.34. The van der Waals surface area contributed by atoms with Crippen LogP contribution in [-0.4, -0.2) is 51.7 Å². The Balaban J connectivity index is 1.65. The maximum absolute atomic E-state index is 14.4. The van der Waals surface area contributed by atoms with Gasteiger partial charge in [-0.2, -0.15) is 18.2 Å². The van der Waals surface area contributed by atoms with Gasteiger partial charge in [0.05, 0.1) is 22.3 Å². The van der Waals surface area contributed by atoms with Gasteiger partial charge in [0.15, 0.2) is 12.0 Å². The van der Waals surface area contributed by atoms with E-state index >= 15 is 0 Å². The number of benzene rings is 2. The van der Waals surface area contributed by atoms with Crippen LogP contribution < -0.4 is 4.90 Å². The van der Waals surface area contributed by atoms with Crippen LogP contribution in [0.25, 0.3) is 0 Å². The monoisotopic (exact) mass is 673 g/mol. The highest BCUT2D eigenvalue weighted by molar-refractivity contribution is 6.35. The molecule has 0 bridgehead atoms. The Hall–Kier alpha value is -4.27. The molecule has 0 saturated carbocycles. The molecule has 0 aliphatic carbocycles. The van der Waals surface area contributed by atoms with Gasteiger partial charge < -0.3 is 4.84 Å². The number of amides is 1. The van der Waals surface area contributed by atoms with E-state index < -0.39 is 64.5 Å². The summed E-state index contributed by atoms with van der Waals surface area (Å²) in [6.45, 7) is 0.846. The van der Waals surface area contributed by atoms with Crippen LogP contribution in [0.15, 0.2) is 35.5 Å². The second-order valence-electron chi connectivity index (χ2n) is 9.75. The zero-order valence-corrected chi connectivity index (χ0v) is 24.5. The molecule has 0 saturated heterocycles. The summed E-state index contributed by atoms with van der Waals surface area (Å²) >= 11 is 11.5. The van der Waals surface area contributed by atoms with E-state index in [9.17, 15) is 35.5 Å². The highest BCUT2D eigenvalue weighted by Gasteiger charge is 2.62. The van der Waals surface area contributed by atoms with Gasteiger partial charge in [-0.15, -0.1) is 17.9 Å². The van der Waals surface area contributed by atoms with Crippen molar-refractivity contribution in [3.63, 3.8) is 0 Å². The second-order valence-corrected chi connectivity index (χ2v) is 10.6. The molecule has 16 heteroatoms. The zero-order valence-electron chi connectivity index (χ0n) is 23.0. The van der Waals surface area contributed by atoms with E-state index in [0.29, 0.717) is 0 Å². The van der Waals surface area contributed by atoms with Gasteiger partial charge in [-0.1, -0.05) is 46.3 Å². The SMILES string of the molecule is C#CCN(C(=O)c1ccc(C2=NOC(c3cc(Cl)c(F)c(Cl)c3)(C(F)(F)F)C2)cc1C)c1nc(CC(F)C(F)F)n(CC#C)n1. The number of hydrogen-bond acceptors (Lipinski definition) is 5. The first-order chi connectivity index (χ1) is 21.1. The minimum Gasteiger partial charge on any atom is -0.374 e. The number of aryl methyl sites for hydroxylation is 1. The van der Waals surface area contributed by atoms with E-state index in [4.69, 9.17) is 40.9 Å². The molecular weight excluding hydrogens is 654 g/mol. The second kappa shape index (κ2) is 13.0. The molecule has 0 N–H and O–H groups in total. The number of anilines is 1. The van der Waals surface area contributed by atoms with Gasteiger partial charge in [0.1, 0.15) is 12.4 Å². The molecule has 2 aromatic carbocycles. The van der Waals surface area contributed by atoms with E-state index in [0.717, 1.165) is 21.7 Å². The van der Waals surface area contributed by atoms with Crippen molar-refractivity contribution in [2.75, 3.05) is 11.4 Å². The maximum atomic E-state index is 14.4. The van der Waals surface area contributed by atoms with E-state index in [2.05, 4.69) is 27.1 Å². The number of aromatic nitrogens is 3. The number of hydrogen-bond donors (Lipinski definition) is 0. The molecule has 0 radical (unpaired) electrons. The number of rotatable bonds is 9. The Morgan fingerprint density at radius 2 is 1.82 bits per heavy atom. The van der Waals surface area contributed by atoms with Crippen molar-refractivity contribution in [1.82, 2.24) is 14.8 Å². The summed E-state index contributed by atoms with van der Waals surface area (Å²) in [5.41, 5.74) is -3.28. The predicted molar refractivity (Wildman–Crippen MR) is 152 cm³/mol. The number of carbonyl (C=O) groups is 1. The quantitative estimate of drug-likeness (QED) is 0.144. The fraction of sp³-hybridized carbons (Fsp3) is 0.310. The first-order valence-electron chi connectivity index (χ1n) is 12.8. The third-order valence-electron chi connectivity index (χ3n) is 6.79. The minimum atomic E-state index is -5.03. The van der Waals surface area contributed by atoms with Gasteiger partial charge >= 0.3 is 6.18 Å². The van der Waals surface area contributed by atoms with Crippen LogP contribution in [0.1, 0.15) is 39.3 Å². The first kappa shape index (κ1) is 33.6. The fourth-order valence-corrected chi connectivity index (χ4v) is 4.99. The van der Waals surface area contributed by atoms with Crippen molar-refractivity contribution >= 4 is 40.8 Å². The maximum Gasteiger partial charge on any atom is 0.435 e. The van der Waals surface area contributed by atoms with Gasteiger partial charge in [0, 0.05) is 24.0 Å². The van der Waals surface area contributed by atoms with Crippen LogP contribution in [0.5, 0.6) is 0 Å². The van der Waals surface area contributed by atoms with Crippen molar-refractivity contribution in [1.29, 1.82) is 0 Å². The number of oxime groups is 1. The van der Waals surface area contributed by atoms with Crippen molar-refractivity contribution in [2.24, 2.45) is 5.16 Å². The Morgan fingerprint density at radius 3 is 2.38 bits per heavy atom. The fourth-order valence-electron chi connectivity index (χ4n) is 4.50. The van der Waals surface area contributed by atoms with E-state index in [1.54, 1.807) is 0 Å². The summed E-state index contributed by atoms with van der Waals surface area (Å²) in [6, 6.07) is 5.51.